The molecule has 6 heteroatoms. The highest BCUT2D eigenvalue weighted by Gasteiger charge is 2.24. The van der Waals surface area contributed by atoms with Crippen molar-refractivity contribution in [1.29, 1.82) is 0 Å². The molecule has 0 spiro atoms. The number of carbonyl (C=O) groups excluding carboxylic acids is 1. The third kappa shape index (κ3) is 3.62. The highest BCUT2D eigenvalue weighted by Crippen LogP contribution is 2.31. The molecule has 1 aromatic heterocycles. The zero-order valence-corrected chi connectivity index (χ0v) is 17.0. The van der Waals surface area contributed by atoms with Crippen LogP contribution in [0.3, 0.4) is 0 Å². The lowest BCUT2D eigenvalue weighted by Gasteiger charge is -2.15. The third-order valence-electron chi connectivity index (χ3n) is 4.81. The van der Waals surface area contributed by atoms with Crippen LogP contribution in [0.15, 0.2) is 42.5 Å². The average Bonchev–Trinajstić information content (AvgIpc) is 2.95. The Morgan fingerprint density at radius 2 is 1.86 bits per heavy atom. The van der Waals surface area contributed by atoms with Gasteiger partial charge in [0.2, 0.25) is 0 Å². The molecule has 0 unspecified atom stereocenters. The lowest BCUT2D eigenvalue weighted by atomic mass is 10.1. The van der Waals surface area contributed by atoms with E-state index in [-0.39, 0.29) is 11.5 Å². The van der Waals surface area contributed by atoms with Gasteiger partial charge in [-0.05, 0) is 30.2 Å². The minimum atomic E-state index is -0.995. The lowest BCUT2D eigenvalue weighted by molar-refractivity contribution is 0.0696. The summed E-state index contributed by atoms with van der Waals surface area (Å²) >= 11 is 6.37. The van der Waals surface area contributed by atoms with Crippen LogP contribution in [-0.2, 0) is 13.0 Å². The number of carbonyl (C=O) groups is 2. The van der Waals surface area contributed by atoms with E-state index >= 15 is 0 Å². The summed E-state index contributed by atoms with van der Waals surface area (Å²) in [6.45, 7) is 2.53. The number of aromatic carboxylic acids is 1. The molecule has 146 valence electrons. The van der Waals surface area contributed by atoms with Crippen LogP contribution in [0.25, 0.3) is 10.9 Å². The topological polar surface area (TPSA) is 62.5 Å². The van der Waals surface area contributed by atoms with Crippen LogP contribution in [0.4, 0.5) is 0 Å². The Balaban J connectivity index is 2.33. The Morgan fingerprint density at radius 3 is 2.46 bits per heavy atom. The van der Waals surface area contributed by atoms with Gasteiger partial charge in [0, 0.05) is 36.7 Å². The van der Waals surface area contributed by atoms with Gasteiger partial charge in [-0.25, -0.2) is 4.79 Å². The van der Waals surface area contributed by atoms with Gasteiger partial charge in [-0.15, -0.1) is 0 Å². The number of hydrogen-bond acceptors (Lipinski definition) is 2. The van der Waals surface area contributed by atoms with Gasteiger partial charge < -0.3 is 14.6 Å². The molecule has 0 saturated carbocycles. The second-order valence-electron chi connectivity index (χ2n) is 6.99. The summed E-state index contributed by atoms with van der Waals surface area (Å²) in [5, 5.41) is 10.8. The molecule has 28 heavy (non-hydrogen) atoms. The lowest BCUT2D eigenvalue weighted by Crippen LogP contribution is -2.23. The third-order valence-corrected chi connectivity index (χ3v) is 5.18. The molecule has 2 aromatic carbocycles. The fourth-order valence-corrected chi connectivity index (χ4v) is 3.67. The molecular formula is C22H23ClN2O3. The Hall–Kier alpha value is -2.79. The number of hydrogen-bond donors (Lipinski definition) is 1. The number of amides is 1. The predicted octanol–water partition coefficient (Wildman–Crippen LogP) is 4.70. The first-order valence-electron chi connectivity index (χ1n) is 9.18. The van der Waals surface area contributed by atoms with Gasteiger partial charge in [0.1, 0.15) is 0 Å². The largest absolute Gasteiger partial charge is 0.478 e. The van der Waals surface area contributed by atoms with E-state index in [1.54, 1.807) is 37.2 Å². The van der Waals surface area contributed by atoms with E-state index in [1.807, 2.05) is 28.8 Å². The van der Waals surface area contributed by atoms with Crippen molar-refractivity contribution < 1.29 is 14.7 Å². The molecule has 0 bridgehead atoms. The van der Waals surface area contributed by atoms with Crippen molar-refractivity contribution in [2.75, 3.05) is 14.1 Å². The average molecular weight is 399 g/mol. The number of carboxylic acids is 1. The Morgan fingerprint density at radius 1 is 1.14 bits per heavy atom. The van der Waals surface area contributed by atoms with E-state index in [9.17, 15) is 14.7 Å². The van der Waals surface area contributed by atoms with Crippen molar-refractivity contribution in [1.82, 2.24) is 9.47 Å². The van der Waals surface area contributed by atoms with Crippen LogP contribution in [0.1, 0.15) is 45.3 Å². The van der Waals surface area contributed by atoms with Crippen LogP contribution >= 0.6 is 11.6 Å². The van der Waals surface area contributed by atoms with Gasteiger partial charge in [0.05, 0.1) is 16.6 Å². The van der Waals surface area contributed by atoms with Crippen LogP contribution in [0, 0.1) is 0 Å². The number of nitrogens with zero attached hydrogens (tertiary/aromatic N) is 2. The molecule has 1 N–H and O–H groups in total. The highest BCUT2D eigenvalue weighted by molar-refractivity contribution is 6.31. The molecule has 1 heterocycles. The number of carboxylic acid groups (broad SMARTS) is 1. The normalized spacial score (nSPS) is 11.0. The second kappa shape index (κ2) is 8.07. The first-order chi connectivity index (χ1) is 13.3. The van der Waals surface area contributed by atoms with Crippen molar-refractivity contribution >= 4 is 34.4 Å². The molecule has 0 saturated heterocycles. The van der Waals surface area contributed by atoms with Crippen LogP contribution in [0.5, 0.6) is 0 Å². The number of fused-ring (bicyclic) bond motifs is 1. The van der Waals surface area contributed by atoms with Crippen molar-refractivity contribution in [3.05, 3.63) is 69.9 Å². The van der Waals surface area contributed by atoms with E-state index in [0.29, 0.717) is 23.6 Å². The summed E-state index contributed by atoms with van der Waals surface area (Å²) in [5.41, 5.74) is 3.37. The fourth-order valence-electron chi connectivity index (χ4n) is 3.47. The maximum atomic E-state index is 13.0. The van der Waals surface area contributed by atoms with Gasteiger partial charge in [-0.1, -0.05) is 49.2 Å². The number of aromatic nitrogens is 1. The molecule has 3 aromatic rings. The minimum Gasteiger partial charge on any atom is -0.478 e. The monoisotopic (exact) mass is 398 g/mol. The summed E-state index contributed by atoms with van der Waals surface area (Å²) in [7, 11) is 3.45. The zero-order chi connectivity index (χ0) is 20.4. The zero-order valence-electron chi connectivity index (χ0n) is 16.2. The van der Waals surface area contributed by atoms with E-state index in [2.05, 4.69) is 6.92 Å². The van der Waals surface area contributed by atoms with Crippen molar-refractivity contribution in [2.45, 2.75) is 26.3 Å². The van der Waals surface area contributed by atoms with Crippen molar-refractivity contribution in [3.8, 4) is 0 Å². The molecule has 0 atom stereocenters. The van der Waals surface area contributed by atoms with E-state index in [4.69, 9.17) is 11.6 Å². The van der Waals surface area contributed by atoms with Gasteiger partial charge in [0.25, 0.3) is 5.91 Å². The second-order valence-corrected chi connectivity index (χ2v) is 7.39. The van der Waals surface area contributed by atoms with Crippen LogP contribution in [-0.4, -0.2) is 40.5 Å². The Kier molecular flexibility index (Phi) is 5.75. The van der Waals surface area contributed by atoms with Gasteiger partial charge in [-0.3, -0.25) is 4.79 Å². The molecule has 1 amide bonds. The quantitative estimate of drug-likeness (QED) is 0.654. The molecule has 0 aliphatic carbocycles. The standard InChI is InChI=1S/C22H23ClN2O3/c1-4-7-18-20(21(26)24(2)3)16-11-10-14(22(27)28)12-19(16)25(18)13-15-8-5-6-9-17(15)23/h5-6,8-12H,4,7,13H2,1-3H3,(H,27,28). The number of rotatable bonds is 6. The molecule has 0 radical (unpaired) electrons. The van der Waals surface area contributed by atoms with Crippen LogP contribution in [0.2, 0.25) is 5.02 Å². The highest BCUT2D eigenvalue weighted by atomic mass is 35.5. The molecule has 0 fully saturated rings. The molecule has 5 nitrogen and oxygen atoms in total. The van der Waals surface area contributed by atoms with Crippen molar-refractivity contribution in [2.24, 2.45) is 0 Å². The number of benzene rings is 2. The Bertz CT molecular complexity index is 1050. The molecule has 0 aliphatic heterocycles. The van der Waals surface area contributed by atoms with E-state index in [1.165, 1.54) is 0 Å². The van der Waals surface area contributed by atoms with Gasteiger partial charge in [-0.2, -0.15) is 0 Å². The van der Waals surface area contributed by atoms with Gasteiger partial charge >= 0.3 is 5.97 Å². The summed E-state index contributed by atoms with van der Waals surface area (Å²) < 4.78 is 2.03. The van der Waals surface area contributed by atoms with E-state index in [0.717, 1.165) is 28.6 Å². The fraction of sp³-hybridized carbons (Fsp3) is 0.273. The summed E-state index contributed by atoms with van der Waals surface area (Å²) in [5.74, 6) is -1.08. The minimum absolute atomic E-state index is 0.0885. The smallest absolute Gasteiger partial charge is 0.335 e. The van der Waals surface area contributed by atoms with E-state index < -0.39 is 5.97 Å². The van der Waals surface area contributed by atoms with Crippen LogP contribution < -0.4 is 0 Å². The van der Waals surface area contributed by atoms with Crippen molar-refractivity contribution in [3.63, 3.8) is 0 Å². The molecular weight excluding hydrogens is 376 g/mol. The summed E-state index contributed by atoms with van der Waals surface area (Å²) in [6, 6.07) is 12.5. The SMILES string of the molecule is CCCc1c(C(=O)N(C)C)c2ccc(C(=O)O)cc2n1Cc1ccccc1Cl. The summed E-state index contributed by atoms with van der Waals surface area (Å²) in [6.07, 6.45) is 1.56. The maximum absolute atomic E-state index is 13.0. The first kappa shape index (κ1) is 20.0. The number of halogens is 1. The summed E-state index contributed by atoms with van der Waals surface area (Å²) in [4.78, 5) is 26.1. The molecule has 3 rings (SSSR count). The molecule has 0 aliphatic rings. The first-order valence-corrected chi connectivity index (χ1v) is 9.56. The predicted molar refractivity (Wildman–Crippen MR) is 111 cm³/mol. The maximum Gasteiger partial charge on any atom is 0.335 e. The van der Waals surface area contributed by atoms with Gasteiger partial charge in [0.15, 0.2) is 0 Å². The Labute approximate surface area is 169 Å².